The number of halogens is 1. The minimum absolute atomic E-state index is 0.164. The number of nitrogens with one attached hydrogen (secondary N) is 1. The van der Waals surface area contributed by atoms with Crippen LogP contribution in [-0.2, 0) is 0 Å². The minimum atomic E-state index is -0.998. The predicted octanol–water partition coefficient (Wildman–Crippen LogP) is 2.32. The summed E-state index contributed by atoms with van der Waals surface area (Å²) in [6, 6.07) is 4.75. The second-order valence-corrected chi connectivity index (χ2v) is 6.14. The van der Waals surface area contributed by atoms with E-state index in [0.29, 0.717) is 22.7 Å². The van der Waals surface area contributed by atoms with Gasteiger partial charge in [-0.15, -0.1) is 0 Å². The highest BCUT2D eigenvalue weighted by molar-refractivity contribution is 9.10. The normalized spacial score (nSPS) is 18.1. The number of rotatable bonds is 3. The molecule has 1 aromatic carbocycles. The molecule has 2 N–H and O–H groups in total. The van der Waals surface area contributed by atoms with E-state index in [0.717, 1.165) is 13.0 Å². The third-order valence-corrected chi connectivity index (χ3v) is 4.29. The Balaban J connectivity index is 2.02. The Labute approximate surface area is 131 Å². The van der Waals surface area contributed by atoms with Crippen LogP contribution < -0.4 is 5.32 Å². The van der Waals surface area contributed by atoms with Crippen molar-refractivity contribution in [3.63, 3.8) is 0 Å². The number of carboxylic acid groups (broad SMARTS) is 1. The first-order valence-corrected chi connectivity index (χ1v) is 7.43. The highest BCUT2D eigenvalue weighted by Gasteiger charge is 2.27. The molecule has 0 saturated carbocycles. The highest BCUT2D eigenvalue weighted by atomic mass is 79.9. The number of carbonyl (C=O) groups is 2. The summed E-state index contributed by atoms with van der Waals surface area (Å²) in [5.41, 5.74) is 0.743. The molecule has 2 amide bonds. The van der Waals surface area contributed by atoms with Gasteiger partial charge in [0.25, 0.3) is 0 Å². The molecule has 1 heterocycles. The molecule has 1 aromatic rings. The van der Waals surface area contributed by atoms with Gasteiger partial charge >= 0.3 is 12.0 Å². The van der Waals surface area contributed by atoms with Gasteiger partial charge in [0.05, 0.1) is 11.3 Å². The molecule has 0 radical (unpaired) electrons. The highest BCUT2D eigenvalue weighted by Crippen LogP contribution is 2.24. The summed E-state index contributed by atoms with van der Waals surface area (Å²) in [5, 5.41) is 11.7. The summed E-state index contributed by atoms with van der Waals surface area (Å²) in [7, 11) is 4.01. The van der Waals surface area contributed by atoms with Gasteiger partial charge in [-0.3, -0.25) is 0 Å². The predicted molar refractivity (Wildman–Crippen MR) is 83.8 cm³/mol. The Bertz CT molecular complexity index is 562. The van der Waals surface area contributed by atoms with Crippen molar-refractivity contribution in [2.45, 2.75) is 12.5 Å². The van der Waals surface area contributed by atoms with E-state index in [4.69, 9.17) is 5.11 Å². The molecule has 114 valence electrons. The van der Waals surface area contributed by atoms with Crippen LogP contribution in [-0.4, -0.2) is 60.1 Å². The standard InChI is InChI=1S/C14H18BrN3O3/c1-17(2)10-5-6-18(8-10)14(21)16-12-4-3-9(13(19)20)7-11(12)15/h3-4,7,10H,5-6,8H2,1-2H3,(H,16,21)(H,19,20). The summed E-state index contributed by atoms with van der Waals surface area (Å²) in [5.74, 6) is -0.998. The van der Waals surface area contributed by atoms with Gasteiger partial charge in [-0.05, 0) is 54.6 Å². The van der Waals surface area contributed by atoms with Crippen LogP contribution in [0.25, 0.3) is 0 Å². The van der Waals surface area contributed by atoms with Crippen molar-refractivity contribution in [3.05, 3.63) is 28.2 Å². The number of likely N-dealkylation sites (tertiary alicyclic amines) is 1. The van der Waals surface area contributed by atoms with Crippen molar-refractivity contribution < 1.29 is 14.7 Å². The van der Waals surface area contributed by atoms with Gasteiger partial charge in [0.1, 0.15) is 0 Å². The van der Waals surface area contributed by atoms with E-state index in [1.807, 2.05) is 14.1 Å². The number of hydrogen-bond acceptors (Lipinski definition) is 3. The van der Waals surface area contributed by atoms with E-state index in [2.05, 4.69) is 26.1 Å². The van der Waals surface area contributed by atoms with Crippen LogP contribution in [0.4, 0.5) is 10.5 Å². The zero-order valence-electron chi connectivity index (χ0n) is 12.0. The molecule has 0 aliphatic carbocycles. The van der Waals surface area contributed by atoms with Gasteiger partial charge in [0.15, 0.2) is 0 Å². The second kappa shape index (κ2) is 6.44. The molecule has 2 rings (SSSR count). The summed E-state index contributed by atoms with van der Waals surface area (Å²) in [6.45, 7) is 1.42. The first-order valence-electron chi connectivity index (χ1n) is 6.63. The summed E-state index contributed by atoms with van der Waals surface area (Å²) >= 11 is 3.28. The maximum Gasteiger partial charge on any atom is 0.335 e. The number of carbonyl (C=O) groups excluding carboxylic acids is 1. The van der Waals surface area contributed by atoms with E-state index < -0.39 is 5.97 Å². The Morgan fingerprint density at radius 3 is 2.67 bits per heavy atom. The molecule has 1 unspecified atom stereocenters. The van der Waals surface area contributed by atoms with E-state index >= 15 is 0 Å². The number of aromatic carboxylic acids is 1. The van der Waals surface area contributed by atoms with Gasteiger partial charge in [-0.25, -0.2) is 9.59 Å². The number of nitrogens with zero attached hydrogens (tertiary/aromatic N) is 2. The Hall–Kier alpha value is -1.60. The van der Waals surface area contributed by atoms with Crippen LogP contribution in [0.3, 0.4) is 0 Å². The molecule has 0 spiro atoms. The lowest BCUT2D eigenvalue weighted by Crippen LogP contribution is -2.36. The van der Waals surface area contributed by atoms with E-state index in [9.17, 15) is 9.59 Å². The van der Waals surface area contributed by atoms with E-state index in [1.54, 1.807) is 11.0 Å². The molecular formula is C14H18BrN3O3. The van der Waals surface area contributed by atoms with Gasteiger partial charge < -0.3 is 20.2 Å². The van der Waals surface area contributed by atoms with Crippen molar-refractivity contribution in [3.8, 4) is 0 Å². The fourth-order valence-corrected chi connectivity index (χ4v) is 2.77. The molecule has 1 saturated heterocycles. The number of benzene rings is 1. The summed E-state index contributed by atoms with van der Waals surface area (Å²) in [4.78, 5) is 27.0. The SMILES string of the molecule is CN(C)C1CCN(C(=O)Nc2ccc(C(=O)O)cc2Br)C1. The van der Waals surface area contributed by atoms with Crippen LogP contribution >= 0.6 is 15.9 Å². The third kappa shape index (κ3) is 3.74. The van der Waals surface area contributed by atoms with Gasteiger partial charge in [0.2, 0.25) is 0 Å². The fraction of sp³-hybridized carbons (Fsp3) is 0.429. The first kappa shape index (κ1) is 15.8. The topological polar surface area (TPSA) is 72.9 Å². The maximum absolute atomic E-state index is 12.2. The van der Waals surface area contributed by atoms with Crippen LogP contribution in [0.1, 0.15) is 16.8 Å². The summed E-state index contributed by atoms with van der Waals surface area (Å²) in [6.07, 6.45) is 0.958. The third-order valence-electron chi connectivity index (χ3n) is 3.64. The molecular weight excluding hydrogens is 338 g/mol. The quantitative estimate of drug-likeness (QED) is 0.872. The number of hydrogen-bond donors (Lipinski definition) is 2. The minimum Gasteiger partial charge on any atom is -0.478 e. The smallest absolute Gasteiger partial charge is 0.335 e. The number of likely N-dealkylation sites (N-methyl/N-ethyl adjacent to an activating group) is 1. The first-order chi connectivity index (χ1) is 9.88. The van der Waals surface area contributed by atoms with Crippen molar-refractivity contribution in [1.29, 1.82) is 0 Å². The van der Waals surface area contributed by atoms with Crippen LogP contribution in [0, 0.1) is 0 Å². The van der Waals surface area contributed by atoms with E-state index in [1.165, 1.54) is 12.1 Å². The number of amides is 2. The van der Waals surface area contributed by atoms with Crippen molar-refractivity contribution >= 4 is 33.6 Å². The molecule has 1 atom stereocenters. The zero-order valence-corrected chi connectivity index (χ0v) is 13.6. The van der Waals surface area contributed by atoms with Gasteiger partial charge in [-0.2, -0.15) is 0 Å². The second-order valence-electron chi connectivity index (χ2n) is 5.28. The molecule has 0 bridgehead atoms. The summed E-state index contributed by atoms with van der Waals surface area (Å²) < 4.78 is 0.555. The van der Waals surface area contributed by atoms with E-state index in [-0.39, 0.29) is 11.6 Å². The van der Waals surface area contributed by atoms with Crippen molar-refractivity contribution in [2.24, 2.45) is 0 Å². The maximum atomic E-state index is 12.2. The van der Waals surface area contributed by atoms with Crippen LogP contribution in [0.5, 0.6) is 0 Å². The molecule has 21 heavy (non-hydrogen) atoms. The Morgan fingerprint density at radius 2 is 2.14 bits per heavy atom. The van der Waals surface area contributed by atoms with Crippen molar-refractivity contribution in [1.82, 2.24) is 9.80 Å². The van der Waals surface area contributed by atoms with Gasteiger partial charge in [0, 0.05) is 23.6 Å². The number of carboxylic acids is 1. The molecule has 1 fully saturated rings. The monoisotopic (exact) mass is 355 g/mol. The lowest BCUT2D eigenvalue weighted by molar-refractivity contribution is 0.0697. The molecule has 0 aromatic heterocycles. The Morgan fingerprint density at radius 1 is 1.43 bits per heavy atom. The zero-order chi connectivity index (χ0) is 15.6. The fourth-order valence-electron chi connectivity index (χ4n) is 2.29. The Kier molecular flexibility index (Phi) is 4.84. The largest absolute Gasteiger partial charge is 0.478 e. The van der Waals surface area contributed by atoms with Crippen LogP contribution in [0.2, 0.25) is 0 Å². The number of anilines is 1. The molecule has 7 heteroatoms. The van der Waals surface area contributed by atoms with Crippen LogP contribution in [0.15, 0.2) is 22.7 Å². The lowest BCUT2D eigenvalue weighted by Gasteiger charge is -2.21. The number of urea groups is 1. The molecule has 6 nitrogen and oxygen atoms in total. The van der Waals surface area contributed by atoms with Gasteiger partial charge in [-0.1, -0.05) is 0 Å². The average molecular weight is 356 g/mol. The molecule has 1 aliphatic rings. The molecule has 1 aliphatic heterocycles. The lowest BCUT2D eigenvalue weighted by atomic mass is 10.2. The average Bonchev–Trinajstić information content (AvgIpc) is 2.90. The van der Waals surface area contributed by atoms with Crippen molar-refractivity contribution in [2.75, 3.05) is 32.5 Å².